The van der Waals surface area contributed by atoms with Crippen LogP contribution < -0.4 is 0 Å². The molecule has 0 radical (unpaired) electrons. The Kier molecular flexibility index (Phi) is 2.26. The summed E-state index contributed by atoms with van der Waals surface area (Å²) in [5.41, 5.74) is 4.93. The number of hydrogen-bond acceptors (Lipinski definition) is 2. The van der Waals surface area contributed by atoms with Crippen LogP contribution in [0, 0.1) is 25.2 Å². The summed E-state index contributed by atoms with van der Waals surface area (Å²) < 4.78 is 0. The van der Waals surface area contributed by atoms with Gasteiger partial charge in [-0.1, -0.05) is 12.1 Å². The zero-order chi connectivity index (χ0) is 10.8. The van der Waals surface area contributed by atoms with Gasteiger partial charge in [0.05, 0.1) is 17.3 Å². The maximum Gasteiger partial charge on any atom is 0.0991 e. The highest BCUT2D eigenvalue weighted by Crippen LogP contribution is 2.25. The minimum Gasteiger partial charge on any atom is -0.282 e. The van der Waals surface area contributed by atoms with E-state index in [-0.39, 0.29) is 0 Å². The molecule has 0 saturated heterocycles. The van der Waals surface area contributed by atoms with Gasteiger partial charge in [-0.05, 0) is 31.5 Å². The highest BCUT2D eigenvalue weighted by Gasteiger charge is 2.08. The van der Waals surface area contributed by atoms with Gasteiger partial charge in [-0.3, -0.25) is 5.10 Å². The van der Waals surface area contributed by atoms with Gasteiger partial charge in [-0.15, -0.1) is 0 Å². The molecule has 15 heavy (non-hydrogen) atoms. The van der Waals surface area contributed by atoms with Crippen molar-refractivity contribution in [2.24, 2.45) is 0 Å². The topological polar surface area (TPSA) is 52.5 Å². The van der Waals surface area contributed by atoms with E-state index in [0.717, 1.165) is 22.5 Å². The molecular weight excluding hydrogens is 186 g/mol. The molecule has 0 amide bonds. The predicted octanol–water partition coefficient (Wildman–Crippen LogP) is 2.57. The van der Waals surface area contributed by atoms with Crippen molar-refractivity contribution in [2.45, 2.75) is 13.8 Å². The molecule has 0 spiro atoms. The SMILES string of the molecule is Cc1n[nH]c(C)c1-c1ccc(C#N)cc1. The lowest BCUT2D eigenvalue weighted by atomic mass is 10.0. The zero-order valence-electron chi connectivity index (χ0n) is 8.70. The second kappa shape index (κ2) is 3.58. The smallest absolute Gasteiger partial charge is 0.0991 e. The number of aromatic amines is 1. The summed E-state index contributed by atoms with van der Waals surface area (Å²) in [4.78, 5) is 0. The van der Waals surface area contributed by atoms with E-state index in [2.05, 4.69) is 16.3 Å². The number of nitriles is 1. The molecule has 2 rings (SSSR count). The second-order valence-electron chi connectivity index (χ2n) is 3.50. The van der Waals surface area contributed by atoms with Gasteiger partial charge in [-0.25, -0.2) is 0 Å². The first kappa shape index (κ1) is 9.47. The molecule has 0 aliphatic rings. The molecule has 1 N–H and O–H groups in total. The average molecular weight is 197 g/mol. The van der Waals surface area contributed by atoms with E-state index < -0.39 is 0 Å². The molecule has 74 valence electrons. The van der Waals surface area contributed by atoms with Crippen LogP contribution in [0.4, 0.5) is 0 Å². The number of H-pyrrole nitrogens is 1. The molecule has 3 heteroatoms. The van der Waals surface area contributed by atoms with Gasteiger partial charge in [0.1, 0.15) is 0 Å². The summed E-state index contributed by atoms with van der Waals surface area (Å²) in [6, 6.07) is 9.64. The van der Waals surface area contributed by atoms with Crippen LogP contribution in [0.3, 0.4) is 0 Å². The number of rotatable bonds is 1. The fraction of sp³-hybridized carbons (Fsp3) is 0.167. The summed E-state index contributed by atoms with van der Waals surface area (Å²) >= 11 is 0. The first-order chi connectivity index (χ1) is 7.22. The largest absolute Gasteiger partial charge is 0.282 e. The minimum atomic E-state index is 0.678. The summed E-state index contributed by atoms with van der Waals surface area (Å²) in [5, 5.41) is 15.8. The molecule has 0 saturated carbocycles. The molecule has 3 nitrogen and oxygen atoms in total. The molecule has 0 atom stereocenters. The number of hydrogen-bond donors (Lipinski definition) is 1. The van der Waals surface area contributed by atoms with Crippen molar-refractivity contribution in [2.75, 3.05) is 0 Å². The van der Waals surface area contributed by atoms with Crippen molar-refractivity contribution in [3.8, 4) is 17.2 Å². The van der Waals surface area contributed by atoms with Crippen LogP contribution in [-0.2, 0) is 0 Å². The first-order valence-electron chi connectivity index (χ1n) is 4.74. The standard InChI is InChI=1S/C12H11N3/c1-8-12(9(2)15-14-8)11-5-3-10(7-13)4-6-11/h3-6H,1-2H3,(H,14,15). The molecule has 2 aromatic rings. The predicted molar refractivity (Wildman–Crippen MR) is 58.2 cm³/mol. The Morgan fingerprint density at radius 2 is 1.87 bits per heavy atom. The number of nitrogens with zero attached hydrogens (tertiary/aromatic N) is 2. The Morgan fingerprint density at radius 1 is 1.20 bits per heavy atom. The molecular formula is C12H11N3. The van der Waals surface area contributed by atoms with Crippen LogP contribution in [-0.4, -0.2) is 10.2 Å². The van der Waals surface area contributed by atoms with E-state index in [1.54, 1.807) is 0 Å². The molecule has 0 bridgehead atoms. The van der Waals surface area contributed by atoms with E-state index in [4.69, 9.17) is 5.26 Å². The second-order valence-corrected chi connectivity index (χ2v) is 3.50. The van der Waals surface area contributed by atoms with E-state index in [9.17, 15) is 0 Å². The summed E-state index contributed by atoms with van der Waals surface area (Å²) in [6.45, 7) is 3.96. The van der Waals surface area contributed by atoms with Gasteiger partial charge in [0.15, 0.2) is 0 Å². The molecule has 0 fully saturated rings. The minimum absolute atomic E-state index is 0.678. The quantitative estimate of drug-likeness (QED) is 0.763. The van der Waals surface area contributed by atoms with Crippen LogP contribution in [0.2, 0.25) is 0 Å². The van der Waals surface area contributed by atoms with Gasteiger partial charge < -0.3 is 0 Å². The summed E-state index contributed by atoms with van der Waals surface area (Å²) in [5.74, 6) is 0. The van der Waals surface area contributed by atoms with Crippen LogP contribution in [0.15, 0.2) is 24.3 Å². The van der Waals surface area contributed by atoms with E-state index >= 15 is 0 Å². The van der Waals surface area contributed by atoms with Crippen LogP contribution in [0.5, 0.6) is 0 Å². The zero-order valence-corrected chi connectivity index (χ0v) is 8.70. The highest BCUT2D eigenvalue weighted by atomic mass is 15.1. The van der Waals surface area contributed by atoms with Crippen LogP contribution in [0.1, 0.15) is 17.0 Å². The van der Waals surface area contributed by atoms with Gasteiger partial charge in [-0.2, -0.15) is 10.4 Å². The van der Waals surface area contributed by atoms with Gasteiger partial charge >= 0.3 is 0 Å². The van der Waals surface area contributed by atoms with Gasteiger partial charge in [0.2, 0.25) is 0 Å². The summed E-state index contributed by atoms with van der Waals surface area (Å²) in [7, 11) is 0. The molecule has 0 aliphatic carbocycles. The number of nitrogens with one attached hydrogen (secondary N) is 1. The number of benzene rings is 1. The van der Waals surface area contributed by atoms with Crippen molar-refractivity contribution >= 4 is 0 Å². The Balaban J connectivity index is 2.51. The fourth-order valence-corrected chi connectivity index (χ4v) is 1.69. The normalized spacial score (nSPS) is 9.93. The first-order valence-corrected chi connectivity index (χ1v) is 4.74. The lowest BCUT2D eigenvalue weighted by Crippen LogP contribution is -1.82. The third kappa shape index (κ3) is 1.62. The third-order valence-electron chi connectivity index (χ3n) is 2.43. The molecule has 1 aromatic carbocycles. The Bertz CT molecular complexity index is 495. The number of aromatic nitrogens is 2. The van der Waals surface area contributed by atoms with Crippen molar-refractivity contribution in [3.05, 3.63) is 41.2 Å². The molecule has 0 unspecified atom stereocenters. The average Bonchev–Trinajstić information content (AvgIpc) is 2.59. The van der Waals surface area contributed by atoms with Crippen molar-refractivity contribution in [1.29, 1.82) is 5.26 Å². The van der Waals surface area contributed by atoms with Gasteiger partial charge in [0.25, 0.3) is 0 Å². The maximum atomic E-state index is 8.70. The Hall–Kier alpha value is -2.08. The number of aryl methyl sites for hydroxylation is 2. The highest BCUT2D eigenvalue weighted by molar-refractivity contribution is 5.68. The van der Waals surface area contributed by atoms with Crippen LogP contribution >= 0.6 is 0 Å². The lowest BCUT2D eigenvalue weighted by molar-refractivity contribution is 1.02. The monoisotopic (exact) mass is 197 g/mol. The van der Waals surface area contributed by atoms with Gasteiger partial charge in [0, 0.05) is 11.3 Å². The van der Waals surface area contributed by atoms with E-state index in [0.29, 0.717) is 5.56 Å². The lowest BCUT2D eigenvalue weighted by Gasteiger charge is -2.00. The third-order valence-corrected chi connectivity index (χ3v) is 2.43. The van der Waals surface area contributed by atoms with Crippen molar-refractivity contribution in [1.82, 2.24) is 10.2 Å². The maximum absolute atomic E-state index is 8.70. The fourth-order valence-electron chi connectivity index (χ4n) is 1.69. The van der Waals surface area contributed by atoms with Crippen molar-refractivity contribution in [3.63, 3.8) is 0 Å². The van der Waals surface area contributed by atoms with Crippen molar-refractivity contribution < 1.29 is 0 Å². The Labute approximate surface area is 88.4 Å². The summed E-state index contributed by atoms with van der Waals surface area (Å²) in [6.07, 6.45) is 0. The molecule has 1 aromatic heterocycles. The van der Waals surface area contributed by atoms with Crippen LogP contribution in [0.25, 0.3) is 11.1 Å². The molecule has 0 aliphatic heterocycles. The van der Waals surface area contributed by atoms with E-state index in [1.165, 1.54) is 0 Å². The Morgan fingerprint density at radius 3 is 2.33 bits per heavy atom. The molecule has 1 heterocycles. The van der Waals surface area contributed by atoms with E-state index in [1.807, 2.05) is 38.1 Å².